The van der Waals surface area contributed by atoms with Crippen molar-refractivity contribution in [3.8, 4) is 11.5 Å². The van der Waals surface area contributed by atoms with Gasteiger partial charge in [0.1, 0.15) is 5.75 Å². The summed E-state index contributed by atoms with van der Waals surface area (Å²) in [5.74, 6) is -1.36. The maximum absolute atomic E-state index is 11.6. The Bertz CT molecular complexity index is 713. The normalized spacial score (nSPS) is 11.7. The highest BCUT2D eigenvalue weighted by atomic mass is 32.1. The summed E-state index contributed by atoms with van der Waals surface area (Å²) in [5.41, 5.74) is 0.222. The highest BCUT2D eigenvalue weighted by Gasteiger charge is 2.26. The summed E-state index contributed by atoms with van der Waals surface area (Å²) in [6.07, 6.45) is 0.0872. The largest absolute Gasteiger partial charge is 0.496 e. The minimum atomic E-state index is -0.993. The molecule has 0 aliphatic carbocycles. The number of methoxy groups -OCH3 is 2. The molecule has 0 amide bonds. The van der Waals surface area contributed by atoms with Crippen molar-refractivity contribution in [3.05, 3.63) is 50.2 Å². The SMILES string of the molecule is COc1cc(OC)c([N+](=O)[O-])cc1CC(C(=O)O)c1cccs1. The Labute approximate surface area is 136 Å². The molecule has 0 aliphatic rings. The molecule has 0 radical (unpaired) electrons. The number of ether oxygens (including phenoxy) is 2. The molecule has 0 saturated heterocycles. The number of hydrogen-bond acceptors (Lipinski definition) is 6. The van der Waals surface area contributed by atoms with Crippen molar-refractivity contribution < 1.29 is 24.3 Å². The number of carboxylic acid groups (broad SMARTS) is 1. The molecule has 2 aromatic rings. The molecule has 8 heteroatoms. The first-order chi connectivity index (χ1) is 11.0. The van der Waals surface area contributed by atoms with Gasteiger partial charge in [-0.1, -0.05) is 6.07 Å². The number of aliphatic carboxylic acids is 1. The Hall–Kier alpha value is -2.61. The van der Waals surface area contributed by atoms with E-state index in [9.17, 15) is 20.0 Å². The first-order valence-electron chi connectivity index (χ1n) is 6.63. The number of carboxylic acids is 1. The summed E-state index contributed by atoms with van der Waals surface area (Å²) in [7, 11) is 2.75. The zero-order valence-corrected chi connectivity index (χ0v) is 13.3. The Kier molecular flexibility index (Phi) is 5.17. The number of hydrogen-bond donors (Lipinski definition) is 1. The van der Waals surface area contributed by atoms with Gasteiger partial charge in [-0.15, -0.1) is 11.3 Å². The van der Waals surface area contributed by atoms with Gasteiger partial charge < -0.3 is 14.6 Å². The van der Waals surface area contributed by atoms with E-state index in [1.807, 2.05) is 0 Å². The molecule has 0 spiro atoms. The van der Waals surface area contributed by atoms with Gasteiger partial charge in [-0.05, 0) is 17.9 Å². The van der Waals surface area contributed by atoms with E-state index < -0.39 is 16.8 Å². The third kappa shape index (κ3) is 3.59. The van der Waals surface area contributed by atoms with E-state index in [2.05, 4.69) is 0 Å². The first-order valence-corrected chi connectivity index (χ1v) is 7.51. The number of carbonyl (C=O) groups is 1. The molecular weight excluding hydrogens is 322 g/mol. The zero-order chi connectivity index (χ0) is 17.0. The molecule has 7 nitrogen and oxygen atoms in total. The lowest BCUT2D eigenvalue weighted by Gasteiger charge is -2.14. The van der Waals surface area contributed by atoms with Gasteiger partial charge in [0.15, 0.2) is 0 Å². The van der Waals surface area contributed by atoms with E-state index in [0.717, 1.165) is 0 Å². The van der Waals surface area contributed by atoms with Gasteiger partial charge in [0, 0.05) is 22.6 Å². The Morgan fingerprint density at radius 1 is 1.35 bits per heavy atom. The van der Waals surface area contributed by atoms with Crippen molar-refractivity contribution in [3.63, 3.8) is 0 Å². The summed E-state index contributed by atoms with van der Waals surface area (Å²) in [5, 5.41) is 22.4. The van der Waals surface area contributed by atoms with Crippen LogP contribution < -0.4 is 9.47 Å². The monoisotopic (exact) mass is 337 g/mol. The van der Waals surface area contributed by atoms with E-state index in [1.54, 1.807) is 17.5 Å². The van der Waals surface area contributed by atoms with E-state index in [4.69, 9.17) is 9.47 Å². The fourth-order valence-corrected chi connectivity index (χ4v) is 3.09. The minimum absolute atomic E-state index is 0.0681. The van der Waals surface area contributed by atoms with Gasteiger partial charge in [-0.25, -0.2) is 0 Å². The highest BCUT2D eigenvalue weighted by molar-refractivity contribution is 7.10. The molecule has 122 valence electrons. The maximum Gasteiger partial charge on any atom is 0.312 e. The molecule has 2 rings (SSSR count). The van der Waals surface area contributed by atoms with Crippen molar-refractivity contribution in [2.45, 2.75) is 12.3 Å². The van der Waals surface area contributed by atoms with Gasteiger partial charge in [-0.2, -0.15) is 0 Å². The number of nitro benzene ring substituents is 1. The Morgan fingerprint density at radius 2 is 2.04 bits per heavy atom. The van der Waals surface area contributed by atoms with Crippen LogP contribution in [-0.4, -0.2) is 30.2 Å². The average Bonchev–Trinajstić information content (AvgIpc) is 3.05. The molecule has 0 aliphatic heterocycles. The second-order valence-corrected chi connectivity index (χ2v) is 5.68. The third-order valence-electron chi connectivity index (χ3n) is 3.39. The molecule has 0 bridgehead atoms. The Balaban J connectivity index is 2.46. The number of nitrogens with zero attached hydrogens (tertiary/aromatic N) is 1. The summed E-state index contributed by atoms with van der Waals surface area (Å²) in [6, 6.07) is 6.21. The van der Waals surface area contributed by atoms with Crippen molar-refractivity contribution >= 4 is 23.0 Å². The standard InChI is InChI=1S/C15H15NO6S/c1-21-12-8-13(22-2)11(16(19)20)7-9(12)6-10(15(17)18)14-4-3-5-23-14/h3-5,7-8,10H,6H2,1-2H3,(H,17,18). The molecule has 1 heterocycles. The van der Waals surface area contributed by atoms with E-state index in [0.29, 0.717) is 16.2 Å². The van der Waals surface area contributed by atoms with Gasteiger partial charge in [0.25, 0.3) is 0 Å². The van der Waals surface area contributed by atoms with E-state index in [1.165, 1.54) is 37.7 Å². The first kappa shape index (κ1) is 16.8. The summed E-state index contributed by atoms with van der Waals surface area (Å²) < 4.78 is 10.2. The van der Waals surface area contributed by atoms with Crippen LogP contribution in [0.15, 0.2) is 29.6 Å². The Morgan fingerprint density at radius 3 is 2.52 bits per heavy atom. The number of rotatable bonds is 7. The van der Waals surface area contributed by atoms with Gasteiger partial charge in [0.05, 0.1) is 25.1 Å². The van der Waals surface area contributed by atoms with E-state index >= 15 is 0 Å². The lowest BCUT2D eigenvalue weighted by atomic mass is 9.96. The lowest BCUT2D eigenvalue weighted by molar-refractivity contribution is -0.385. The van der Waals surface area contributed by atoms with Crippen LogP contribution in [-0.2, 0) is 11.2 Å². The van der Waals surface area contributed by atoms with Crippen LogP contribution in [0.5, 0.6) is 11.5 Å². The predicted molar refractivity (Wildman–Crippen MR) is 84.6 cm³/mol. The molecule has 1 atom stereocenters. The zero-order valence-electron chi connectivity index (χ0n) is 12.5. The molecule has 0 fully saturated rings. The molecule has 23 heavy (non-hydrogen) atoms. The van der Waals surface area contributed by atoms with E-state index in [-0.39, 0.29) is 17.9 Å². The number of benzene rings is 1. The van der Waals surface area contributed by atoms with Crippen LogP contribution in [0.3, 0.4) is 0 Å². The van der Waals surface area contributed by atoms with Crippen molar-refractivity contribution in [2.75, 3.05) is 14.2 Å². The van der Waals surface area contributed by atoms with Crippen molar-refractivity contribution in [2.24, 2.45) is 0 Å². The van der Waals surface area contributed by atoms with Gasteiger partial charge >= 0.3 is 11.7 Å². The van der Waals surface area contributed by atoms with Crippen LogP contribution in [0.25, 0.3) is 0 Å². The topological polar surface area (TPSA) is 98.9 Å². The summed E-state index contributed by atoms with van der Waals surface area (Å²) in [6.45, 7) is 0. The smallest absolute Gasteiger partial charge is 0.312 e. The summed E-state index contributed by atoms with van der Waals surface area (Å²) >= 11 is 1.33. The van der Waals surface area contributed by atoms with Gasteiger partial charge in [-0.3, -0.25) is 14.9 Å². The quantitative estimate of drug-likeness (QED) is 0.616. The lowest BCUT2D eigenvalue weighted by Crippen LogP contribution is -2.14. The van der Waals surface area contributed by atoms with Crippen LogP contribution in [0.2, 0.25) is 0 Å². The van der Waals surface area contributed by atoms with Crippen LogP contribution in [0.1, 0.15) is 16.4 Å². The van der Waals surface area contributed by atoms with Gasteiger partial charge in [0.2, 0.25) is 5.75 Å². The predicted octanol–water partition coefficient (Wildman–Crippen LogP) is 3.08. The summed E-state index contributed by atoms with van der Waals surface area (Å²) in [4.78, 5) is 22.8. The number of thiophene rings is 1. The molecule has 0 saturated carbocycles. The molecular formula is C15H15NO6S. The fourth-order valence-electron chi connectivity index (χ4n) is 2.27. The third-order valence-corrected chi connectivity index (χ3v) is 4.37. The van der Waals surface area contributed by atoms with Crippen molar-refractivity contribution in [1.82, 2.24) is 0 Å². The molecule has 1 unspecified atom stereocenters. The van der Waals surface area contributed by atoms with Crippen LogP contribution in [0.4, 0.5) is 5.69 Å². The van der Waals surface area contributed by atoms with Crippen LogP contribution in [0, 0.1) is 10.1 Å². The second kappa shape index (κ2) is 7.10. The molecule has 1 N–H and O–H groups in total. The molecule has 1 aromatic carbocycles. The maximum atomic E-state index is 11.6. The molecule has 1 aromatic heterocycles. The van der Waals surface area contributed by atoms with Crippen LogP contribution >= 0.6 is 11.3 Å². The highest BCUT2D eigenvalue weighted by Crippen LogP contribution is 2.37. The minimum Gasteiger partial charge on any atom is -0.496 e. The van der Waals surface area contributed by atoms with Crippen molar-refractivity contribution in [1.29, 1.82) is 0 Å². The fraction of sp³-hybridized carbons (Fsp3) is 0.267. The second-order valence-electron chi connectivity index (χ2n) is 4.70. The average molecular weight is 337 g/mol. The number of nitro groups is 1.